The lowest BCUT2D eigenvalue weighted by Crippen LogP contribution is -2.16. The van der Waals surface area contributed by atoms with Crippen molar-refractivity contribution in [3.63, 3.8) is 0 Å². The molecular weight excluding hydrogens is 252 g/mol. The number of hydrogen-bond donors (Lipinski definition) is 1. The van der Waals surface area contributed by atoms with Crippen molar-refractivity contribution in [3.05, 3.63) is 53.7 Å². The number of rotatable bonds is 8. The van der Waals surface area contributed by atoms with E-state index in [2.05, 4.69) is 10.3 Å². The third-order valence-electron chi connectivity index (χ3n) is 3.45. The Bertz CT molecular complexity index is 520. The standard InChI is InChI=1S/C16H20N2O2/c1-2-8-17-14(3-1)7-9-19-12-13-6-10-20-16(13)11-18-15-4-5-15/h1-3,6,8,10,15,18H,4-5,7,9,11-12H2. The van der Waals surface area contributed by atoms with Gasteiger partial charge in [0.05, 0.1) is 26.0 Å². The zero-order valence-corrected chi connectivity index (χ0v) is 11.5. The van der Waals surface area contributed by atoms with Crippen LogP contribution in [0.1, 0.15) is 29.9 Å². The highest BCUT2D eigenvalue weighted by atomic mass is 16.5. The minimum Gasteiger partial charge on any atom is -0.468 e. The molecule has 4 heteroatoms. The molecule has 0 atom stereocenters. The van der Waals surface area contributed by atoms with Crippen molar-refractivity contribution >= 4 is 0 Å². The predicted octanol–water partition coefficient (Wildman–Crippen LogP) is 2.69. The van der Waals surface area contributed by atoms with Crippen LogP contribution in [0.25, 0.3) is 0 Å². The third-order valence-corrected chi connectivity index (χ3v) is 3.45. The Labute approximate surface area is 119 Å². The van der Waals surface area contributed by atoms with E-state index in [1.54, 1.807) is 6.26 Å². The molecule has 0 bridgehead atoms. The van der Waals surface area contributed by atoms with Crippen molar-refractivity contribution in [3.8, 4) is 0 Å². The summed E-state index contributed by atoms with van der Waals surface area (Å²) < 4.78 is 11.2. The highest BCUT2D eigenvalue weighted by molar-refractivity contribution is 5.16. The predicted molar refractivity (Wildman–Crippen MR) is 76.2 cm³/mol. The Balaban J connectivity index is 1.40. The molecule has 1 fully saturated rings. The molecule has 0 unspecified atom stereocenters. The summed E-state index contributed by atoms with van der Waals surface area (Å²) in [6, 6.07) is 8.63. The van der Waals surface area contributed by atoms with E-state index in [9.17, 15) is 0 Å². The van der Waals surface area contributed by atoms with Crippen molar-refractivity contribution in [2.45, 2.75) is 38.5 Å². The quantitative estimate of drug-likeness (QED) is 0.751. The minimum absolute atomic E-state index is 0.602. The maximum Gasteiger partial charge on any atom is 0.123 e. The van der Waals surface area contributed by atoms with Gasteiger partial charge in [0.15, 0.2) is 0 Å². The number of hydrogen-bond acceptors (Lipinski definition) is 4. The summed E-state index contributed by atoms with van der Waals surface area (Å²) >= 11 is 0. The molecule has 2 aromatic heterocycles. The average Bonchev–Trinajstić information content (AvgIpc) is 3.21. The van der Waals surface area contributed by atoms with Crippen LogP contribution in [0, 0.1) is 0 Å². The topological polar surface area (TPSA) is 47.3 Å². The van der Waals surface area contributed by atoms with Crippen molar-refractivity contribution in [2.75, 3.05) is 6.61 Å². The Morgan fingerprint density at radius 2 is 2.25 bits per heavy atom. The smallest absolute Gasteiger partial charge is 0.123 e. The molecule has 106 valence electrons. The molecule has 0 spiro atoms. The van der Waals surface area contributed by atoms with E-state index in [1.807, 2.05) is 30.5 Å². The first-order valence-corrected chi connectivity index (χ1v) is 7.18. The molecule has 4 nitrogen and oxygen atoms in total. The van der Waals surface area contributed by atoms with Gasteiger partial charge in [0.25, 0.3) is 0 Å². The van der Waals surface area contributed by atoms with Crippen molar-refractivity contribution in [1.29, 1.82) is 0 Å². The van der Waals surface area contributed by atoms with E-state index in [1.165, 1.54) is 12.8 Å². The van der Waals surface area contributed by atoms with Gasteiger partial charge in [-0.3, -0.25) is 4.98 Å². The molecular formula is C16H20N2O2. The molecule has 0 aliphatic heterocycles. The summed E-state index contributed by atoms with van der Waals surface area (Å²) in [6.45, 7) is 2.08. The molecule has 1 aliphatic rings. The maximum absolute atomic E-state index is 5.72. The summed E-state index contributed by atoms with van der Waals surface area (Å²) in [5.74, 6) is 0.995. The molecule has 0 aromatic carbocycles. The average molecular weight is 272 g/mol. The van der Waals surface area contributed by atoms with Crippen molar-refractivity contribution in [1.82, 2.24) is 10.3 Å². The van der Waals surface area contributed by atoms with Crippen LogP contribution in [0.2, 0.25) is 0 Å². The summed E-state index contributed by atoms with van der Waals surface area (Å²) in [7, 11) is 0. The molecule has 1 saturated carbocycles. The van der Waals surface area contributed by atoms with Gasteiger partial charge in [0.1, 0.15) is 5.76 Å². The van der Waals surface area contributed by atoms with Gasteiger partial charge in [-0.15, -0.1) is 0 Å². The Kier molecular flexibility index (Phi) is 4.46. The van der Waals surface area contributed by atoms with Crippen LogP contribution < -0.4 is 5.32 Å². The highest BCUT2D eigenvalue weighted by Gasteiger charge is 2.21. The van der Waals surface area contributed by atoms with Crippen LogP contribution in [-0.2, 0) is 24.3 Å². The fourth-order valence-electron chi connectivity index (χ4n) is 2.08. The van der Waals surface area contributed by atoms with E-state index in [0.29, 0.717) is 19.3 Å². The van der Waals surface area contributed by atoms with E-state index in [0.717, 1.165) is 30.0 Å². The number of pyridine rings is 1. The maximum atomic E-state index is 5.72. The Morgan fingerprint density at radius 3 is 3.05 bits per heavy atom. The van der Waals surface area contributed by atoms with Crippen LogP contribution in [0.3, 0.4) is 0 Å². The molecule has 3 rings (SSSR count). The van der Waals surface area contributed by atoms with Gasteiger partial charge >= 0.3 is 0 Å². The fourth-order valence-corrected chi connectivity index (χ4v) is 2.08. The lowest BCUT2D eigenvalue weighted by Gasteiger charge is -2.05. The van der Waals surface area contributed by atoms with Crippen LogP contribution in [0.4, 0.5) is 0 Å². The molecule has 0 radical (unpaired) electrons. The second-order valence-electron chi connectivity index (χ2n) is 5.15. The minimum atomic E-state index is 0.602. The number of nitrogens with zero attached hydrogens (tertiary/aromatic N) is 1. The fraction of sp³-hybridized carbons (Fsp3) is 0.438. The molecule has 2 heterocycles. The first-order valence-electron chi connectivity index (χ1n) is 7.18. The van der Waals surface area contributed by atoms with E-state index in [4.69, 9.17) is 9.15 Å². The second-order valence-corrected chi connectivity index (χ2v) is 5.15. The van der Waals surface area contributed by atoms with Gasteiger partial charge in [-0.05, 0) is 31.0 Å². The lowest BCUT2D eigenvalue weighted by molar-refractivity contribution is 0.122. The monoisotopic (exact) mass is 272 g/mol. The molecule has 2 aromatic rings. The van der Waals surface area contributed by atoms with Crippen molar-refractivity contribution < 1.29 is 9.15 Å². The first kappa shape index (κ1) is 13.3. The zero-order chi connectivity index (χ0) is 13.6. The van der Waals surface area contributed by atoms with Gasteiger partial charge in [0, 0.05) is 29.9 Å². The molecule has 20 heavy (non-hydrogen) atoms. The van der Waals surface area contributed by atoms with Crippen LogP contribution in [0.15, 0.2) is 41.1 Å². The van der Waals surface area contributed by atoms with Crippen LogP contribution in [0.5, 0.6) is 0 Å². The Hall–Kier alpha value is -1.65. The number of ether oxygens (including phenoxy) is 1. The van der Waals surface area contributed by atoms with E-state index in [-0.39, 0.29) is 0 Å². The van der Waals surface area contributed by atoms with E-state index < -0.39 is 0 Å². The van der Waals surface area contributed by atoms with Gasteiger partial charge in [-0.2, -0.15) is 0 Å². The summed E-state index contributed by atoms with van der Waals surface area (Å²) in [5, 5.41) is 3.46. The molecule has 0 amide bonds. The summed E-state index contributed by atoms with van der Waals surface area (Å²) in [5.41, 5.74) is 2.20. The summed E-state index contributed by atoms with van der Waals surface area (Å²) in [6.07, 6.45) is 6.97. The zero-order valence-electron chi connectivity index (χ0n) is 11.5. The number of nitrogens with one attached hydrogen (secondary N) is 1. The van der Waals surface area contributed by atoms with Gasteiger partial charge in [-0.25, -0.2) is 0 Å². The number of furan rings is 1. The van der Waals surface area contributed by atoms with Gasteiger partial charge < -0.3 is 14.5 Å². The van der Waals surface area contributed by atoms with Gasteiger partial charge in [-0.1, -0.05) is 6.07 Å². The lowest BCUT2D eigenvalue weighted by atomic mass is 10.2. The highest BCUT2D eigenvalue weighted by Crippen LogP contribution is 2.20. The van der Waals surface area contributed by atoms with Crippen LogP contribution in [-0.4, -0.2) is 17.6 Å². The largest absolute Gasteiger partial charge is 0.468 e. The second kappa shape index (κ2) is 6.68. The van der Waals surface area contributed by atoms with Crippen LogP contribution >= 0.6 is 0 Å². The SMILES string of the molecule is c1ccc(CCOCc2ccoc2CNC2CC2)nc1. The molecule has 1 aliphatic carbocycles. The molecule has 1 N–H and O–H groups in total. The molecule has 0 saturated heterocycles. The third kappa shape index (κ3) is 3.92. The first-order chi connectivity index (χ1) is 9.92. The summed E-state index contributed by atoms with van der Waals surface area (Å²) in [4.78, 5) is 4.28. The normalized spacial score (nSPS) is 14.6. The van der Waals surface area contributed by atoms with E-state index >= 15 is 0 Å². The van der Waals surface area contributed by atoms with Crippen molar-refractivity contribution in [2.24, 2.45) is 0 Å². The number of aromatic nitrogens is 1. The van der Waals surface area contributed by atoms with Gasteiger partial charge in [0.2, 0.25) is 0 Å². The Morgan fingerprint density at radius 1 is 1.30 bits per heavy atom.